The van der Waals surface area contributed by atoms with E-state index in [0.29, 0.717) is 0 Å². The quantitative estimate of drug-likeness (QED) is 0.654. The zero-order chi connectivity index (χ0) is 9.97. The van der Waals surface area contributed by atoms with E-state index in [9.17, 15) is 0 Å². The van der Waals surface area contributed by atoms with Crippen molar-refractivity contribution in [3.8, 4) is 0 Å². The fourth-order valence-corrected chi connectivity index (χ4v) is 2.38. The normalized spacial score (nSPS) is 16.2. The van der Waals surface area contributed by atoms with Gasteiger partial charge in [-0.15, -0.1) is 0 Å². The van der Waals surface area contributed by atoms with Crippen LogP contribution in [0, 0.1) is 0 Å². The number of rotatable bonds is 4. The molecule has 0 heteroatoms. The van der Waals surface area contributed by atoms with Gasteiger partial charge in [-0.3, -0.25) is 0 Å². The maximum atomic E-state index is 2.34. The van der Waals surface area contributed by atoms with E-state index < -0.39 is 0 Å². The lowest BCUT2D eigenvalue weighted by Crippen LogP contribution is -1.99. The standard InChI is InChI=1S/C14H20/c1-3-11(4-2)13-7-5-6-8-14(13)12-9-10-12/h5-8,11-12H,3-4,9-10H2,1-2H3. The van der Waals surface area contributed by atoms with E-state index >= 15 is 0 Å². The van der Waals surface area contributed by atoms with Crippen molar-refractivity contribution in [2.45, 2.75) is 51.4 Å². The second-order valence-corrected chi connectivity index (χ2v) is 4.42. The highest BCUT2D eigenvalue weighted by molar-refractivity contribution is 5.35. The first-order chi connectivity index (χ1) is 6.86. The Labute approximate surface area is 87.3 Å². The lowest BCUT2D eigenvalue weighted by molar-refractivity contribution is 0.635. The third kappa shape index (κ3) is 1.84. The van der Waals surface area contributed by atoms with Crippen molar-refractivity contribution in [2.75, 3.05) is 0 Å². The Kier molecular flexibility index (Phi) is 2.90. The summed E-state index contributed by atoms with van der Waals surface area (Å²) in [4.78, 5) is 0. The van der Waals surface area contributed by atoms with Crippen molar-refractivity contribution in [1.82, 2.24) is 0 Å². The first-order valence-electron chi connectivity index (χ1n) is 5.95. The highest BCUT2D eigenvalue weighted by Gasteiger charge is 2.26. The fraction of sp³-hybridized carbons (Fsp3) is 0.571. The maximum Gasteiger partial charge on any atom is -0.0159 e. The van der Waals surface area contributed by atoms with Crippen LogP contribution >= 0.6 is 0 Å². The van der Waals surface area contributed by atoms with Crippen LogP contribution in [-0.4, -0.2) is 0 Å². The minimum absolute atomic E-state index is 0.784. The van der Waals surface area contributed by atoms with Gasteiger partial charge in [-0.1, -0.05) is 38.1 Å². The summed E-state index contributed by atoms with van der Waals surface area (Å²) in [5.41, 5.74) is 3.27. The molecule has 0 N–H and O–H groups in total. The van der Waals surface area contributed by atoms with Gasteiger partial charge >= 0.3 is 0 Å². The Morgan fingerprint density at radius 3 is 2.36 bits per heavy atom. The van der Waals surface area contributed by atoms with Crippen molar-refractivity contribution in [3.63, 3.8) is 0 Å². The van der Waals surface area contributed by atoms with Crippen molar-refractivity contribution >= 4 is 0 Å². The predicted octanol–water partition coefficient (Wildman–Crippen LogP) is 4.47. The molecule has 0 aliphatic heterocycles. The Morgan fingerprint density at radius 1 is 1.14 bits per heavy atom. The minimum Gasteiger partial charge on any atom is -0.0648 e. The van der Waals surface area contributed by atoms with E-state index in [1.54, 1.807) is 11.1 Å². The maximum absolute atomic E-state index is 2.34. The minimum atomic E-state index is 0.784. The molecule has 1 fully saturated rings. The molecule has 76 valence electrons. The van der Waals surface area contributed by atoms with Gasteiger partial charge in [-0.05, 0) is 48.6 Å². The molecule has 0 saturated heterocycles. The van der Waals surface area contributed by atoms with Crippen LogP contribution in [0.25, 0.3) is 0 Å². The van der Waals surface area contributed by atoms with Crippen LogP contribution < -0.4 is 0 Å². The zero-order valence-corrected chi connectivity index (χ0v) is 9.29. The van der Waals surface area contributed by atoms with Gasteiger partial charge in [0.15, 0.2) is 0 Å². The number of hydrogen-bond donors (Lipinski definition) is 0. The highest BCUT2D eigenvalue weighted by Crippen LogP contribution is 2.44. The molecule has 0 bridgehead atoms. The molecule has 1 aliphatic rings. The van der Waals surface area contributed by atoms with E-state index in [-0.39, 0.29) is 0 Å². The summed E-state index contributed by atoms with van der Waals surface area (Å²) < 4.78 is 0. The summed E-state index contributed by atoms with van der Waals surface area (Å²) in [5, 5.41) is 0. The second kappa shape index (κ2) is 4.16. The highest BCUT2D eigenvalue weighted by atomic mass is 14.3. The molecule has 0 heterocycles. The van der Waals surface area contributed by atoms with Crippen molar-refractivity contribution in [1.29, 1.82) is 0 Å². The van der Waals surface area contributed by atoms with Crippen LogP contribution in [0.2, 0.25) is 0 Å². The van der Waals surface area contributed by atoms with E-state index in [2.05, 4.69) is 38.1 Å². The van der Waals surface area contributed by atoms with Gasteiger partial charge < -0.3 is 0 Å². The molecule has 0 spiro atoms. The first kappa shape index (κ1) is 9.76. The molecule has 0 unspecified atom stereocenters. The third-order valence-corrected chi connectivity index (χ3v) is 3.44. The molecule has 1 saturated carbocycles. The second-order valence-electron chi connectivity index (χ2n) is 4.42. The molecular weight excluding hydrogens is 168 g/mol. The average molecular weight is 188 g/mol. The Hall–Kier alpha value is -0.780. The van der Waals surface area contributed by atoms with Crippen LogP contribution in [0.3, 0.4) is 0 Å². The predicted molar refractivity (Wildman–Crippen MR) is 61.7 cm³/mol. The lowest BCUT2D eigenvalue weighted by atomic mass is 9.88. The van der Waals surface area contributed by atoms with Gasteiger partial charge in [-0.2, -0.15) is 0 Å². The van der Waals surface area contributed by atoms with Gasteiger partial charge in [-0.25, -0.2) is 0 Å². The largest absolute Gasteiger partial charge is 0.0648 e. The fourth-order valence-electron chi connectivity index (χ4n) is 2.38. The van der Waals surface area contributed by atoms with Gasteiger partial charge in [0.2, 0.25) is 0 Å². The summed E-state index contributed by atoms with van der Waals surface area (Å²) in [5.74, 6) is 1.68. The van der Waals surface area contributed by atoms with Gasteiger partial charge in [0.05, 0.1) is 0 Å². The van der Waals surface area contributed by atoms with Crippen molar-refractivity contribution in [2.24, 2.45) is 0 Å². The average Bonchev–Trinajstić information content (AvgIpc) is 3.04. The van der Waals surface area contributed by atoms with E-state index in [4.69, 9.17) is 0 Å². The summed E-state index contributed by atoms with van der Waals surface area (Å²) >= 11 is 0. The molecule has 0 atom stereocenters. The van der Waals surface area contributed by atoms with Crippen LogP contribution in [0.4, 0.5) is 0 Å². The van der Waals surface area contributed by atoms with Crippen LogP contribution in [0.15, 0.2) is 24.3 Å². The topological polar surface area (TPSA) is 0 Å². The molecule has 0 aromatic heterocycles. The van der Waals surface area contributed by atoms with Gasteiger partial charge in [0.1, 0.15) is 0 Å². The van der Waals surface area contributed by atoms with Crippen LogP contribution in [0.5, 0.6) is 0 Å². The molecule has 1 aromatic rings. The van der Waals surface area contributed by atoms with Gasteiger partial charge in [0.25, 0.3) is 0 Å². The number of benzene rings is 1. The van der Waals surface area contributed by atoms with E-state index in [1.165, 1.54) is 25.7 Å². The summed E-state index contributed by atoms with van der Waals surface area (Å²) in [6, 6.07) is 9.07. The Bertz CT molecular complexity index is 293. The third-order valence-electron chi connectivity index (χ3n) is 3.44. The van der Waals surface area contributed by atoms with Crippen LogP contribution in [0.1, 0.15) is 62.5 Å². The van der Waals surface area contributed by atoms with Crippen molar-refractivity contribution in [3.05, 3.63) is 35.4 Å². The Morgan fingerprint density at radius 2 is 1.79 bits per heavy atom. The molecule has 0 radical (unpaired) electrons. The van der Waals surface area contributed by atoms with Crippen molar-refractivity contribution < 1.29 is 0 Å². The van der Waals surface area contributed by atoms with Gasteiger partial charge in [0, 0.05) is 0 Å². The molecule has 0 nitrogen and oxygen atoms in total. The van der Waals surface area contributed by atoms with E-state index in [1.807, 2.05) is 0 Å². The molecule has 2 rings (SSSR count). The lowest BCUT2D eigenvalue weighted by Gasteiger charge is -2.17. The summed E-state index contributed by atoms with van der Waals surface area (Å²) in [6.45, 7) is 4.61. The first-order valence-corrected chi connectivity index (χ1v) is 5.95. The summed E-state index contributed by atoms with van der Waals surface area (Å²) in [7, 11) is 0. The monoisotopic (exact) mass is 188 g/mol. The molecule has 1 aromatic carbocycles. The molecular formula is C14H20. The zero-order valence-electron chi connectivity index (χ0n) is 9.29. The molecule has 0 amide bonds. The smallest absolute Gasteiger partial charge is 0.0159 e. The van der Waals surface area contributed by atoms with E-state index in [0.717, 1.165) is 11.8 Å². The van der Waals surface area contributed by atoms with Crippen LogP contribution in [-0.2, 0) is 0 Å². The summed E-state index contributed by atoms with van der Waals surface area (Å²) in [6.07, 6.45) is 5.38. The molecule has 14 heavy (non-hydrogen) atoms. The Balaban J connectivity index is 2.29. The SMILES string of the molecule is CCC(CC)c1ccccc1C1CC1. The molecule has 1 aliphatic carbocycles. The number of hydrogen-bond acceptors (Lipinski definition) is 0.